The first-order valence-electron chi connectivity index (χ1n) is 12.6. The van der Waals surface area contributed by atoms with Crippen molar-refractivity contribution in [3.63, 3.8) is 0 Å². The lowest BCUT2D eigenvalue weighted by atomic mass is 9.70. The topological polar surface area (TPSA) is 96.0 Å². The number of cyclic esters (lactones) is 2. The molecule has 34 heavy (non-hydrogen) atoms. The van der Waals surface area contributed by atoms with E-state index < -0.39 is 35.7 Å². The lowest BCUT2D eigenvalue weighted by molar-refractivity contribution is -0.167. The molecular weight excluding hydrogens is 436 g/mol. The normalized spacial score (nSPS) is 33.4. The Morgan fingerprint density at radius 2 is 1.88 bits per heavy atom. The quantitative estimate of drug-likeness (QED) is 0.196. The van der Waals surface area contributed by atoms with E-state index in [0.717, 1.165) is 19.3 Å². The summed E-state index contributed by atoms with van der Waals surface area (Å²) in [7, 11) is 0. The van der Waals surface area contributed by atoms with Crippen LogP contribution >= 0.6 is 0 Å². The first kappa shape index (κ1) is 26.4. The summed E-state index contributed by atoms with van der Waals surface area (Å²) in [4.78, 5) is 50.3. The van der Waals surface area contributed by atoms with Crippen molar-refractivity contribution < 1.29 is 33.4 Å². The van der Waals surface area contributed by atoms with Gasteiger partial charge in [-0.05, 0) is 56.3 Å². The highest BCUT2D eigenvalue weighted by Crippen LogP contribution is 2.66. The second-order valence-electron chi connectivity index (χ2n) is 11.6. The Morgan fingerprint density at radius 3 is 2.41 bits per heavy atom. The van der Waals surface area contributed by atoms with Crippen LogP contribution in [0.25, 0.3) is 0 Å². The number of hydrogen-bond acceptors (Lipinski definition) is 7. The van der Waals surface area contributed by atoms with Crippen LogP contribution in [0, 0.1) is 40.4 Å². The van der Waals surface area contributed by atoms with Gasteiger partial charge in [0, 0.05) is 5.41 Å². The van der Waals surface area contributed by atoms with E-state index in [2.05, 4.69) is 27.4 Å². The molecular formula is C27H40O7. The summed E-state index contributed by atoms with van der Waals surface area (Å²) in [6.07, 6.45) is 3.64. The van der Waals surface area contributed by atoms with Gasteiger partial charge in [0.25, 0.3) is 0 Å². The van der Waals surface area contributed by atoms with Gasteiger partial charge in [-0.25, -0.2) is 0 Å². The van der Waals surface area contributed by atoms with Crippen LogP contribution in [-0.4, -0.2) is 36.6 Å². The minimum Gasteiger partial charge on any atom is -0.465 e. The van der Waals surface area contributed by atoms with E-state index in [1.807, 2.05) is 13.8 Å². The van der Waals surface area contributed by atoms with Crippen molar-refractivity contribution >= 4 is 23.9 Å². The smallest absolute Gasteiger partial charge is 0.318 e. The van der Waals surface area contributed by atoms with Crippen LogP contribution in [-0.2, 0) is 33.4 Å². The second kappa shape index (κ2) is 9.82. The molecule has 2 saturated carbocycles. The van der Waals surface area contributed by atoms with Crippen LogP contribution in [0.15, 0.2) is 12.2 Å². The van der Waals surface area contributed by atoms with Gasteiger partial charge >= 0.3 is 23.9 Å². The Bertz CT molecular complexity index is 859. The van der Waals surface area contributed by atoms with Gasteiger partial charge in [0.2, 0.25) is 0 Å². The van der Waals surface area contributed by atoms with Gasteiger partial charge < -0.3 is 14.2 Å². The Hall–Kier alpha value is -2.18. The van der Waals surface area contributed by atoms with Crippen molar-refractivity contribution in [3.05, 3.63) is 12.2 Å². The molecule has 7 heteroatoms. The van der Waals surface area contributed by atoms with E-state index in [1.54, 1.807) is 6.92 Å². The Kier molecular flexibility index (Phi) is 7.63. The van der Waals surface area contributed by atoms with Crippen molar-refractivity contribution in [3.8, 4) is 0 Å². The van der Waals surface area contributed by atoms with E-state index in [4.69, 9.17) is 14.2 Å². The summed E-state index contributed by atoms with van der Waals surface area (Å²) in [5, 5.41) is 0. The minimum atomic E-state index is -0.877. The standard InChI is InChI=1S/C27H40O7/c1-8-18(23(29)33-20-13-17-9-10-27(20,7)26(17,5)6)22-19(24(30)34-25(22)31)12-16(4)14-32-21(28)11-15(2)3/h16-20,22H,2,8-14H2,1,3-7H3. The van der Waals surface area contributed by atoms with Gasteiger partial charge in [-0.3, -0.25) is 19.2 Å². The summed E-state index contributed by atoms with van der Waals surface area (Å²) in [5.74, 6) is -4.11. The van der Waals surface area contributed by atoms with Crippen LogP contribution in [0.2, 0.25) is 0 Å². The molecule has 3 aliphatic rings. The van der Waals surface area contributed by atoms with Crippen LogP contribution in [0.5, 0.6) is 0 Å². The highest BCUT2D eigenvalue weighted by molar-refractivity contribution is 5.98. The van der Waals surface area contributed by atoms with Gasteiger partial charge in [-0.1, -0.05) is 46.8 Å². The zero-order chi connectivity index (χ0) is 25.4. The van der Waals surface area contributed by atoms with Gasteiger partial charge in [-0.15, -0.1) is 0 Å². The molecule has 2 aliphatic carbocycles. The van der Waals surface area contributed by atoms with E-state index in [0.29, 0.717) is 17.9 Å². The zero-order valence-corrected chi connectivity index (χ0v) is 21.5. The molecule has 1 heterocycles. The predicted octanol–water partition coefficient (Wildman–Crippen LogP) is 4.62. The van der Waals surface area contributed by atoms with Crippen molar-refractivity contribution in [2.24, 2.45) is 40.4 Å². The lowest BCUT2D eigenvalue weighted by Crippen LogP contribution is -2.41. The number of esters is 4. The lowest BCUT2D eigenvalue weighted by Gasteiger charge is -2.39. The van der Waals surface area contributed by atoms with Crippen molar-refractivity contribution in [1.82, 2.24) is 0 Å². The fourth-order valence-electron chi connectivity index (χ4n) is 6.38. The summed E-state index contributed by atoms with van der Waals surface area (Å²) >= 11 is 0. The third-order valence-corrected chi connectivity index (χ3v) is 8.99. The highest BCUT2D eigenvalue weighted by atomic mass is 16.6. The molecule has 7 nitrogen and oxygen atoms in total. The molecule has 0 spiro atoms. The maximum absolute atomic E-state index is 13.3. The number of ether oxygens (including phenoxy) is 3. The summed E-state index contributed by atoms with van der Waals surface area (Å²) in [6, 6.07) is 0. The number of hydrogen-bond donors (Lipinski definition) is 0. The number of carbonyl (C=O) groups excluding carboxylic acids is 4. The second-order valence-corrected chi connectivity index (χ2v) is 11.6. The van der Waals surface area contributed by atoms with E-state index in [1.165, 1.54) is 0 Å². The molecule has 0 amide bonds. The van der Waals surface area contributed by atoms with Gasteiger partial charge in [-0.2, -0.15) is 0 Å². The summed E-state index contributed by atoms with van der Waals surface area (Å²) in [5.41, 5.74) is 0.723. The average Bonchev–Trinajstić information content (AvgIpc) is 3.20. The number of rotatable bonds is 10. The third kappa shape index (κ3) is 4.80. The van der Waals surface area contributed by atoms with E-state index in [-0.39, 0.29) is 48.3 Å². The first-order valence-corrected chi connectivity index (χ1v) is 12.6. The molecule has 7 unspecified atom stereocenters. The first-order chi connectivity index (χ1) is 15.8. The summed E-state index contributed by atoms with van der Waals surface area (Å²) < 4.78 is 16.3. The molecule has 1 saturated heterocycles. The monoisotopic (exact) mass is 476 g/mol. The Balaban J connectivity index is 1.66. The van der Waals surface area contributed by atoms with Crippen LogP contribution < -0.4 is 0 Å². The molecule has 190 valence electrons. The molecule has 7 atom stereocenters. The fourth-order valence-corrected chi connectivity index (χ4v) is 6.38. The fraction of sp³-hybridized carbons (Fsp3) is 0.778. The largest absolute Gasteiger partial charge is 0.465 e. The molecule has 0 N–H and O–H groups in total. The molecule has 1 aliphatic heterocycles. The Labute approximate surface area is 203 Å². The SMILES string of the molecule is C=C(C)CC(=O)OCC(C)CC1C(=O)OC(=O)C1C(CC)C(=O)OC1CC2CCC1(C)C2(C)C. The zero-order valence-electron chi connectivity index (χ0n) is 21.5. The molecule has 0 aromatic heterocycles. The molecule has 2 bridgehead atoms. The molecule has 3 fully saturated rings. The van der Waals surface area contributed by atoms with Gasteiger partial charge in [0.15, 0.2) is 0 Å². The highest BCUT2D eigenvalue weighted by Gasteiger charge is 2.63. The van der Waals surface area contributed by atoms with Gasteiger partial charge in [0.1, 0.15) is 6.10 Å². The third-order valence-electron chi connectivity index (χ3n) is 8.99. The van der Waals surface area contributed by atoms with E-state index in [9.17, 15) is 19.2 Å². The number of fused-ring (bicyclic) bond motifs is 2. The van der Waals surface area contributed by atoms with Crippen molar-refractivity contribution in [2.45, 2.75) is 86.2 Å². The Morgan fingerprint density at radius 1 is 1.21 bits per heavy atom. The maximum atomic E-state index is 13.3. The predicted molar refractivity (Wildman–Crippen MR) is 125 cm³/mol. The molecule has 0 aromatic rings. The van der Waals surface area contributed by atoms with Crippen LogP contribution in [0.4, 0.5) is 0 Å². The van der Waals surface area contributed by atoms with Crippen molar-refractivity contribution in [1.29, 1.82) is 0 Å². The molecule has 0 radical (unpaired) electrons. The maximum Gasteiger partial charge on any atom is 0.318 e. The summed E-state index contributed by atoms with van der Waals surface area (Å²) in [6.45, 7) is 15.9. The van der Waals surface area contributed by atoms with Crippen molar-refractivity contribution in [2.75, 3.05) is 6.61 Å². The molecule has 0 aromatic carbocycles. The minimum absolute atomic E-state index is 0.0841. The number of carbonyl (C=O) groups is 4. The van der Waals surface area contributed by atoms with Crippen LogP contribution in [0.1, 0.15) is 80.1 Å². The van der Waals surface area contributed by atoms with Crippen LogP contribution in [0.3, 0.4) is 0 Å². The molecule has 3 rings (SSSR count). The van der Waals surface area contributed by atoms with Gasteiger partial charge in [0.05, 0.1) is 30.8 Å². The van der Waals surface area contributed by atoms with E-state index >= 15 is 0 Å². The average molecular weight is 477 g/mol.